The summed E-state index contributed by atoms with van der Waals surface area (Å²) in [6.45, 7) is 2.14. The molecule has 0 aromatic rings. The van der Waals surface area contributed by atoms with Gasteiger partial charge in [0.1, 0.15) is 0 Å². The highest BCUT2D eigenvalue weighted by atomic mass is 32.2. The summed E-state index contributed by atoms with van der Waals surface area (Å²) < 4.78 is 5.95. The third-order valence-electron chi connectivity index (χ3n) is 3.15. The van der Waals surface area contributed by atoms with E-state index in [0.717, 1.165) is 19.1 Å². The summed E-state index contributed by atoms with van der Waals surface area (Å²) in [4.78, 5) is 0. The summed E-state index contributed by atoms with van der Waals surface area (Å²) in [6.07, 6.45) is 3.80. The van der Waals surface area contributed by atoms with Crippen molar-refractivity contribution < 1.29 is 4.74 Å². The van der Waals surface area contributed by atoms with Gasteiger partial charge >= 0.3 is 0 Å². The first-order valence-electron chi connectivity index (χ1n) is 5.21. The second-order valence-corrected chi connectivity index (χ2v) is 5.36. The highest BCUT2D eigenvalue weighted by Gasteiger charge is 2.39. The van der Waals surface area contributed by atoms with E-state index in [1.54, 1.807) is 0 Å². The van der Waals surface area contributed by atoms with Gasteiger partial charge in [-0.1, -0.05) is 0 Å². The van der Waals surface area contributed by atoms with Gasteiger partial charge in [-0.2, -0.15) is 11.8 Å². The Kier molecular flexibility index (Phi) is 3.17. The zero-order valence-corrected chi connectivity index (χ0v) is 9.16. The Morgan fingerprint density at radius 3 is 3.23 bits per heavy atom. The Labute approximate surface area is 84.8 Å². The lowest BCUT2D eigenvalue weighted by atomic mass is 9.85. The van der Waals surface area contributed by atoms with Crippen molar-refractivity contribution in [1.29, 1.82) is 0 Å². The number of rotatable bonds is 2. The fourth-order valence-corrected chi connectivity index (χ4v) is 3.83. The zero-order valence-electron chi connectivity index (χ0n) is 8.34. The fourth-order valence-electron chi connectivity index (χ4n) is 2.46. The van der Waals surface area contributed by atoms with Crippen LogP contribution in [0.25, 0.3) is 0 Å². The number of thioether (sulfide) groups is 1. The number of hydrogen-bond acceptors (Lipinski definition) is 3. The Hall–Kier alpha value is 0.270. The summed E-state index contributed by atoms with van der Waals surface area (Å²) in [5, 5.41) is 3.28. The van der Waals surface area contributed by atoms with Crippen LogP contribution in [0.4, 0.5) is 0 Å². The van der Waals surface area contributed by atoms with Crippen LogP contribution in [0.3, 0.4) is 0 Å². The third-order valence-corrected chi connectivity index (χ3v) is 4.38. The fraction of sp³-hybridized carbons (Fsp3) is 1.00. The first-order valence-corrected chi connectivity index (χ1v) is 6.36. The topological polar surface area (TPSA) is 21.3 Å². The minimum Gasteiger partial charge on any atom is -0.374 e. The lowest BCUT2D eigenvalue weighted by molar-refractivity contribution is -0.0786. The molecule has 2 aliphatic rings. The predicted molar refractivity (Wildman–Crippen MR) is 57.3 cm³/mol. The van der Waals surface area contributed by atoms with Crippen LogP contribution in [0.15, 0.2) is 0 Å². The van der Waals surface area contributed by atoms with Crippen molar-refractivity contribution in [2.45, 2.75) is 24.9 Å². The van der Waals surface area contributed by atoms with E-state index in [-0.39, 0.29) is 5.60 Å². The average Bonchev–Trinajstić information content (AvgIpc) is 2.54. The maximum atomic E-state index is 5.95. The van der Waals surface area contributed by atoms with E-state index in [4.69, 9.17) is 4.74 Å². The molecule has 0 amide bonds. The molecular weight excluding hydrogens is 182 g/mol. The summed E-state index contributed by atoms with van der Waals surface area (Å²) in [6, 6.07) is 0. The van der Waals surface area contributed by atoms with E-state index in [9.17, 15) is 0 Å². The van der Waals surface area contributed by atoms with Crippen LogP contribution in [-0.2, 0) is 4.74 Å². The van der Waals surface area contributed by atoms with Crippen molar-refractivity contribution in [3.05, 3.63) is 0 Å². The minimum absolute atomic E-state index is 0.268. The summed E-state index contributed by atoms with van der Waals surface area (Å²) in [7, 11) is 2.05. The molecule has 2 fully saturated rings. The molecule has 0 radical (unpaired) electrons. The van der Waals surface area contributed by atoms with Gasteiger partial charge in [-0.25, -0.2) is 0 Å². The molecule has 2 rings (SSSR count). The standard InChI is InChI=1S/C10H19NOS/c1-11-7-9-2-4-12-10(6-9)3-5-13-8-10/h9,11H,2-8H2,1H3. The van der Waals surface area contributed by atoms with Crippen molar-refractivity contribution in [2.75, 3.05) is 31.7 Å². The zero-order chi connectivity index (χ0) is 9.15. The van der Waals surface area contributed by atoms with Crippen LogP contribution in [0.2, 0.25) is 0 Å². The molecule has 2 unspecified atom stereocenters. The quantitative estimate of drug-likeness (QED) is 0.732. The first kappa shape index (κ1) is 9.81. The van der Waals surface area contributed by atoms with E-state index in [2.05, 4.69) is 17.1 Å². The second kappa shape index (κ2) is 4.20. The molecule has 2 saturated heterocycles. The van der Waals surface area contributed by atoms with Gasteiger partial charge in [-0.05, 0) is 44.5 Å². The summed E-state index contributed by atoms with van der Waals surface area (Å²) >= 11 is 2.05. The van der Waals surface area contributed by atoms with Gasteiger partial charge in [-0.15, -0.1) is 0 Å². The van der Waals surface area contributed by atoms with Gasteiger partial charge in [0.25, 0.3) is 0 Å². The van der Waals surface area contributed by atoms with E-state index in [1.807, 2.05) is 7.05 Å². The molecule has 2 nitrogen and oxygen atoms in total. The van der Waals surface area contributed by atoms with Crippen molar-refractivity contribution in [3.63, 3.8) is 0 Å². The lowest BCUT2D eigenvalue weighted by Crippen LogP contribution is -2.42. The van der Waals surface area contributed by atoms with E-state index in [1.165, 1.54) is 30.8 Å². The van der Waals surface area contributed by atoms with Crippen LogP contribution in [0, 0.1) is 5.92 Å². The molecule has 2 heterocycles. The van der Waals surface area contributed by atoms with Crippen molar-refractivity contribution >= 4 is 11.8 Å². The van der Waals surface area contributed by atoms with Crippen LogP contribution >= 0.6 is 11.8 Å². The van der Waals surface area contributed by atoms with Crippen LogP contribution in [-0.4, -0.2) is 37.3 Å². The molecule has 13 heavy (non-hydrogen) atoms. The van der Waals surface area contributed by atoms with Gasteiger partial charge in [0.15, 0.2) is 0 Å². The molecule has 76 valence electrons. The van der Waals surface area contributed by atoms with Crippen LogP contribution in [0.1, 0.15) is 19.3 Å². The van der Waals surface area contributed by atoms with Gasteiger partial charge in [0, 0.05) is 12.4 Å². The lowest BCUT2D eigenvalue weighted by Gasteiger charge is -2.37. The molecule has 1 N–H and O–H groups in total. The van der Waals surface area contributed by atoms with Crippen molar-refractivity contribution in [3.8, 4) is 0 Å². The Balaban J connectivity index is 1.90. The van der Waals surface area contributed by atoms with Gasteiger partial charge in [0.05, 0.1) is 5.60 Å². The predicted octanol–water partition coefficient (Wildman–Crippen LogP) is 1.51. The smallest absolute Gasteiger partial charge is 0.0783 e. The van der Waals surface area contributed by atoms with E-state index < -0.39 is 0 Å². The van der Waals surface area contributed by atoms with E-state index >= 15 is 0 Å². The number of hydrogen-bond donors (Lipinski definition) is 1. The molecule has 0 aromatic heterocycles. The highest BCUT2D eigenvalue weighted by molar-refractivity contribution is 7.99. The Bertz CT molecular complexity index is 166. The maximum Gasteiger partial charge on any atom is 0.0783 e. The Morgan fingerprint density at radius 2 is 2.54 bits per heavy atom. The van der Waals surface area contributed by atoms with Crippen LogP contribution in [0.5, 0.6) is 0 Å². The largest absolute Gasteiger partial charge is 0.374 e. The molecule has 1 spiro atoms. The highest BCUT2D eigenvalue weighted by Crippen LogP contribution is 2.40. The first-order chi connectivity index (χ1) is 6.35. The third kappa shape index (κ3) is 2.20. The van der Waals surface area contributed by atoms with E-state index in [0.29, 0.717) is 0 Å². The SMILES string of the molecule is CNCC1CCOC2(CCSC2)C1. The normalized spacial score (nSPS) is 39.9. The molecule has 0 aliphatic carbocycles. The molecule has 0 aromatic carbocycles. The monoisotopic (exact) mass is 201 g/mol. The minimum atomic E-state index is 0.268. The van der Waals surface area contributed by atoms with Crippen molar-refractivity contribution in [1.82, 2.24) is 5.32 Å². The van der Waals surface area contributed by atoms with Crippen LogP contribution < -0.4 is 5.32 Å². The maximum absolute atomic E-state index is 5.95. The average molecular weight is 201 g/mol. The van der Waals surface area contributed by atoms with Gasteiger partial charge in [-0.3, -0.25) is 0 Å². The molecule has 3 heteroatoms. The van der Waals surface area contributed by atoms with Crippen molar-refractivity contribution in [2.24, 2.45) is 5.92 Å². The second-order valence-electron chi connectivity index (χ2n) is 4.25. The molecular formula is C10H19NOS. The molecule has 0 saturated carbocycles. The number of ether oxygens (including phenoxy) is 1. The van der Waals surface area contributed by atoms with Gasteiger partial charge < -0.3 is 10.1 Å². The summed E-state index contributed by atoms with van der Waals surface area (Å²) in [5.74, 6) is 3.37. The van der Waals surface area contributed by atoms with Gasteiger partial charge in [0.2, 0.25) is 0 Å². The molecule has 2 aliphatic heterocycles. The number of nitrogens with one attached hydrogen (secondary N) is 1. The molecule has 2 atom stereocenters. The molecule has 0 bridgehead atoms. The summed E-state index contributed by atoms with van der Waals surface area (Å²) in [5.41, 5.74) is 0.268. The Morgan fingerprint density at radius 1 is 1.62 bits per heavy atom.